The van der Waals surface area contributed by atoms with Crippen LogP contribution in [0.15, 0.2) is 18.2 Å². The van der Waals surface area contributed by atoms with Crippen LogP contribution >= 0.6 is 15.9 Å². The Bertz CT molecular complexity index is 510. The smallest absolute Gasteiger partial charge is 0.208 e. The van der Waals surface area contributed by atoms with E-state index in [9.17, 15) is 9.59 Å². The standard InChI is InChI=1S/C11H8BrNO3/c1-16-6-4-2-3-5-7(6)11(15)8(12)9(13)10(5)14/h2-4,8,13H,1H3. The van der Waals surface area contributed by atoms with E-state index in [-0.39, 0.29) is 22.6 Å². The summed E-state index contributed by atoms with van der Waals surface area (Å²) in [5.74, 6) is -0.375. The summed E-state index contributed by atoms with van der Waals surface area (Å²) >= 11 is 3.04. The van der Waals surface area contributed by atoms with Gasteiger partial charge in [-0.2, -0.15) is 0 Å². The van der Waals surface area contributed by atoms with Crippen LogP contribution in [0.2, 0.25) is 0 Å². The monoisotopic (exact) mass is 281 g/mol. The van der Waals surface area contributed by atoms with Crippen molar-refractivity contribution in [1.29, 1.82) is 5.41 Å². The van der Waals surface area contributed by atoms with Crippen molar-refractivity contribution in [3.05, 3.63) is 29.3 Å². The predicted molar refractivity (Wildman–Crippen MR) is 62.1 cm³/mol. The van der Waals surface area contributed by atoms with Gasteiger partial charge in [-0.25, -0.2) is 0 Å². The molecule has 5 heteroatoms. The fourth-order valence-electron chi connectivity index (χ4n) is 1.66. The van der Waals surface area contributed by atoms with Crippen molar-refractivity contribution in [1.82, 2.24) is 0 Å². The zero-order chi connectivity index (χ0) is 11.9. The van der Waals surface area contributed by atoms with E-state index in [1.54, 1.807) is 12.1 Å². The SMILES string of the molecule is COc1cccc2c1C(=O)C(Br)C(=N)C2=O. The van der Waals surface area contributed by atoms with E-state index >= 15 is 0 Å². The lowest BCUT2D eigenvalue weighted by Crippen LogP contribution is -2.37. The maximum Gasteiger partial charge on any atom is 0.208 e. The molecule has 82 valence electrons. The molecule has 0 aliphatic heterocycles. The Morgan fingerprint density at radius 3 is 2.69 bits per heavy atom. The number of ether oxygens (including phenoxy) is 1. The molecular formula is C11H8BrNO3. The van der Waals surface area contributed by atoms with Gasteiger partial charge in [-0.05, 0) is 12.1 Å². The van der Waals surface area contributed by atoms with Crippen molar-refractivity contribution in [2.24, 2.45) is 0 Å². The van der Waals surface area contributed by atoms with Gasteiger partial charge in [0.05, 0.1) is 12.7 Å². The molecule has 0 fully saturated rings. The van der Waals surface area contributed by atoms with E-state index in [1.807, 2.05) is 0 Å². The molecular weight excluding hydrogens is 274 g/mol. The van der Waals surface area contributed by atoms with E-state index in [0.29, 0.717) is 5.75 Å². The molecule has 0 amide bonds. The lowest BCUT2D eigenvalue weighted by Gasteiger charge is -2.20. The van der Waals surface area contributed by atoms with Gasteiger partial charge in [-0.15, -0.1) is 0 Å². The van der Waals surface area contributed by atoms with Crippen molar-refractivity contribution in [2.75, 3.05) is 7.11 Å². The van der Waals surface area contributed by atoms with E-state index < -0.39 is 10.6 Å². The summed E-state index contributed by atoms with van der Waals surface area (Å²) in [7, 11) is 1.44. The third-order valence-electron chi connectivity index (χ3n) is 2.47. The number of hydrogen-bond donors (Lipinski definition) is 1. The first-order valence-corrected chi connectivity index (χ1v) is 5.48. The second-order valence-electron chi connectivity index (χ2n) is 3.35. The molecule has 1 aromatic rings. The molecule has 0 saturated heterocycles. The fourth-order valence-corrected chi connectivity index (χ4v) is 2.10. The van der Waals surface area contributed by atoms with E-state index in [0.717, 1.165) is 0 Å². The van der Waals surface area contributed by atoms with Crippen LogP contribution in [-0.4, -0.2) is 29.2 Å². The third kappa shape index (κ3) is 1.39. The fraction of sp³-hybridized carbons (Fsp3) is 0.182. The molecule has 0 spiro atoms. The quantitative estimate of drug-likeness (QED) is 0.799. The Hall–Kier alpha value is -1.49. The molecule has 0 radical (unpaired) electrons. The molecule has 0 heterocycles. The summed E-state index contributed by atoms with van der Waals surface area (Å²) in [6.07, 6.45) is 0. The van der Waals surface area contributed by atoms with Crippen LogP contribution in [0.3, 0.4) is 0 Å². The highest BCUT2D eigenvalue weighted by atomic mass is 79.9. The average molecular weight is 282 g/mol. The largest absolute Gasteiger partial charge is 0.496 e. The maximum atomic E-state index is 11.9. The van der Waals surface area contributed by atoms with Crippen LogP contribution < -0.4 is 4.74 Å². The molecule has 0 bridgehead atoms. The van der Waals surface area contributed by atoms with Crippen molar-refractivity contribution in [2.45, 2.75) is 4.83 Å². The molecule has 4 nitrogen and oxygen atoms in total. The first kappa shape index (κ1) is 11.0. The lowest BCUT2D eigenvalue weighted by atomic mass is 9.87. The topological polar surface area (TPSA) is 67.2 Å². The van der Waals surface area contributed by atoms with Crippen molar-refractivity contribution < 1.29 is 14.3 Å². The Balaban J connectivity index is 2.73. The number of carbonyl (C=O) groups excluding carboxylic acids is 2. The van der Waals surface area contributed by atoms with E-state index in [1.165, 1.54) is 13.2 Å². The molecule has 1 unspecified atom stereocenters. The molecule has 2 rings (SSSR count). The number of halogens is 1. The summed E-state index contributed by atoms with van der Waals surface area (Å²) in [5.41, 5.74) is 0.267. The molecule has 0 aromatic heterocycles. The minimum Gasteiger partial charge on any atom is -0.496 e. The number of alkyl halides is 1. The summed E-state index contributed by atoms with van der Waals surface area (Å²) in [4.78, 5) is 22.8. The second-order valence-corrected chi connectivity index (χ2v) is 4.27. The Morgan fingerprint density at radius 2 is 2.06 bits per heavy atom. The van der Waals surface area contributed by atoms with Gasteiger partial charge >= 0.3 is 0 Å². The highest BCUT2D eigenvalue weighted by Crippen LogP contribution is 2.30. The number of nitrogens with one attached hydrogen (secondary N) is 1. The van der Waals surface area contributed by atoms with Gasteiger partial charge in [0.2, 0.25) is 5.78 Å². The number of methoxy groups -OCH3 is 1. The van der Waals surface area contributed by atoms with Crippen molar-refractivity contribution in [3.8, 4) is 5.75 Å². The minimum atomic E-state index is -0.871. The highest BCUT2D eigenvalue weighted by molar-refractivity contribution is 9.10. The Labute approximate surface area is 100 Å². The summed E-state index contributed by atoms with van der Waals surface area (Å²) in [5, 5.41) is 7.53. The average Bonchev–Trinajstić information content (AvgIpc) is 2.32. The van der Waals surface area contributed by atoms with Crippen molar-refractivity contribution in [3.63, 3.8) is 0 Å². The van der Waals surface area contributed by atoms with Crippen LogP contribution in [0.5, 0.6) is 5.75 Å². The first-order valence-electron chi connectivity index (χ1n) is 4.56. The van der Waals surface area contributed by atoms with Gasteiger partial charge in [0, 0.05) is 5.56 Å². The zero-order valence-electron chi connectivity index (χ0n) is 8.41. The number of benzene rings is 1. The molecule has 1 aliphatic rings. The van der Waals surface area contributed by atoms with E-state index in [4.69, 9.17) is 10.1 Å². The molecule has 0 saturated carbocycles. The molecule has 1 aliphatic carbocycles. The molecule has 1 aromatic carbocycles. The second kappa shape index (κ2) is 3.83. The zero-order valence-corrected chi connectivity index (χ0v) is 10.00. The number of carbonyl (C=O) groups is 2. The third-order valence-corrected chi connectivity index (χ3v) is 3.34. The van der Waals surface area contributed by atoms with E-state index in [2.05, 4.69) is 15.9 Å². The number of fused-ring (bicyclic) bond motifs is 1. The molecule has 1 atom stereocenters. The highest BCUT2D eigenvalue weighted by Gasteiger charge is 2.37. The first-order chi connectivity index (χ1) is 7.57. The van der Waals surface area contributed by atoms with Gasteiger partial charge in [-0.1, -0.05) is 22.0 Å². The molecule has 1 N–H and O–H groups in total. The molecule has 16 heavy (non-hydrogen) atoms. The van der Waals surface area contributed by atoms with Crippen LogP contribution in [0.4, 0.5) is 0 Å². The van der Waals surface area contributed by atoms with Gasteiger partial charge in [-0.3, -0.25) is 15.0 Å². The summed E-state index contributed by atoms with van der Waals surface area (Å²) in [6.45, 7) is 0. The van der Waals surface area contributed by atoms with Gasteiger partial charge in [0.15, 0.2) is 5.78 Å². The Kier molecular flexibility index (Phi) is 2.63. The lowest BCUT2D eigenvalue weighted by molar-refractivity contribution is 0.0967. The van der Waals surface area contributed by atoms with Gasteiger partial charge in [0.25, 0.3) is 0 Å². The van der Waals surface area contributed by atoms with Gasteiger partial charge < -0.3 is 4.74 Å². The van der Waals surface area contributed by atoms with Crippen molar-refractivity contribution >= 4 is 33.2 Å². The van der Waals surface area contributed by atoms with Crippen LogP contribution in [0.25, 0.3) is 0 Å². The summed E-state index contributed by atoms with van der Waals surface area (Å²) < 4.78 is 5.05. The summed E-state index contributed by atoms with van der Waals surface area (Å²) in [6, 6.07) is 4.79. The number of Topliss-reactive ketones (excluding diaryl/α,β-unsaturated/α-hetero) is 2. The number of hydrogen-bond acceptors (Lipinski definition) is 4. The van der Waals surface area contributed by atoms with Crippen LogP contribution in [-0.2, 0) is 0 Å². The van der Waals surface area contributed by atoms with Crippen LogP contribution in [0, 0.1) is 5.41 Å². The minimum absolute atomic E-state index is 0.231. The maximum absolute atomic E-state index is 11.9. The number of ketones is 2. The number of rotatable bonds is 1. The predicted octanol–water partition coefficient (Wildman–Crippen LogP) is 1.86. The normalized spacial score (nSPS) is 19.6. The Morgan fingerprint density at radius 1 is 1.38 bits per heavy atom. The van der Waals surface area contributed by atoms with Gasteiger partial charge in [0.1, 0.15) is 16.3 Å². The van der Waals surface area contributed by atoms with Crippen LogP contribution in [0.1, 0.15) is 20.7 Å².